The minimum atomic E-state index is -0.649. The molecular weight excluding hydrogens is 366 g/mol. The van der Waals surface area contributed by atoms with E-state index >= 15 is 0 Å². The number of nitrogens with one attached hydrogen (secondary N) is 1. The van der Waals surface area contributed by atoms with Crippen LogP contribution in [0.5, 0.6) is 0 Å². The van der Waals surface area contributed by atoms with Gasteiger partial charge in [0.2, 0.25) is 11.8 Å². The van der Waals surface area contributed by atoms with Gasteiger partial charge in [-0.15, -0.1) is 0 Å². The zero-order valence-electron chi connectivity index (χ0n) is 17.0. The molecule has 2 aromatic rings. The summed E-state index contributed by atoms with van der Waals surface area (Å²) in [5, 5.41) is 2.94. The van der Waals surface area contributed by atoms with Gasteiger partial charge in [0, 0.05) is 36.7 Å². The lowest BCUT2D eigenvalue weighted by atomic mass is 10.1. The van der Waals surface area contributed by atoms with Crippen molar-refractivity contribution in [3.63, 3.8) is 0 Å². The van der Waals surface area contributed by atoms with Crippen molar-refractivity contribution < 1.29 is 14.3 Å². The molecule has 6 nitrogen and oxygen atoms in total. The fourth-order valence-corrected chi connectivity index (χ4v) is 3.90. The quantitative estimate of drug-likeness (QED) is 0.811. The van der Waals surface area contributed by atoms with E-state index in [9.17, 15) is 9.59 Å². The Morgan fingerprint density at radius 2 is 1.79 bits per heavy atom. The molecule has 1 unspecified atom stereocenters. The number of nitrogens with zero attached hydrogens (tertiary/aromatic N) is 2. The molecule has 2 amide bonds. The van der Waals surface area contributed by atoms with Crippen LogP contribution in [0.15, 0.2) is 42.5 Å². The molecule has 0 saturated carbocycles. The summed E-state index contributed by atoms with van der Waals surface area (Å²) >= 11 is 0. The minimum absolute atomic E-state index is 0.130. The Morgan fingerprint density at radius 1 is 1.00 bits per heavy atom. The van der Waals surface area contributed by atoms with E-state index in [4.69, 9.17) is 4.74 Å². The number of morpholine rings is 1. The average molecular weight is 393 g/mol. The average Bonchev–Trinajstić information content (AvgIpc) is 3.12. The number of rotatable bonds is 4. The highest BCUT2D eigenvalue weighted by Crippen LogP contribution is 2.28. The summed E-state index contributed by atoms with van der Waals surface area (Å²) in [5.41, 5.74) is 4.97. The van der Waals surface area contributed by atoms with Crippen LogP contribution in [0.1, 0.15) is 17.5 Å². The molecule has 2 aromatic carbocycles. The topological polar surface area (TPSA) is 61.9 Å². The summed E-state index contributed by atoms with van der Waals surface area (Å²) < 4.78 is 5.40. The second-order valence-corrected chi connectivity index (χ2v) is 7.74. The van der Waals surface area contributed by atoms with Gasteiger partial charge >= 0.3 is 0 Å². The van der Waals surface area contributed by atoms with Gasteiger partial charge in [-0.2, -0.15) is 0 Å². The van der Waals surface area contributed by atoms with Crippen LogP contribution in [0.2, 0.25) is 0 Å². The van der Waals surface area contributed by atoms with Crippen molar-refractivity contribution >= 4 is 28.9 Å². The standard InChI is InChI=1S/C23H27N3O3/c1-16-6-7-20(14-17(16)2)26-9-8-21(23(26)28)22(27)24-18-4-3-5-19(15-18)25-10-12-29-13-11-25/h3-7,14-15,21H,8-13H2,1-2H3,(H,24,27). The van der Waals surface area contributed by atoms with E-state index in [1.165, 1.54) is 5.56 Å². The highest BCUT2D eigenvalue weighted by Gasteiger charge is 2.37. The van der Waals surface area contributed by atoms with Crippen molar-refractivity contribution in [2.75, 3.05) is 48.0 Å². The molecule has 2 aliphatic heterocycles. The summed E-state index contributed by atoms with van der Waals surface area (Å²) in [6.07, 6.45) is 0.529. The molecule has 29 heavy (non-hydrogen) atoms. The predicted molar refractivity (Wildman–Crippen MR) is 114 cm³/mol. The van der Waals surface area contributed by atoms with Gasteiger partial charge in [0.1, 0.15) is 5.92 Å². The Labute approximate surface area is 171 Å². The number of carbonyl (C=O) groups is 2. The van der Waals surface area contributed by atoms with Gasteiger partial charge in [0.05, 0.1) is 13.2 Å². The first-order chi connectivity index (χ1) is 14.0. The monoisotopic (exact) mass is 393 g/mol. The molecule has 1 N–H and O–H groups in total. The number of hydrogen-bond donors (Lipinski definition) is 1. The van der Waals surface area contributed by atoms with Gasteiger partial charge in [-0.1, -0.05) is 12.1 Å². The lowest BCUT2D eigenvalue weighted by molar-refractivity contribution is -0.129. The first kappa shape index (κ1) is 19.5. The van der Waals surface area contributed by atoms with Crippen LogP contribution >= 0.6 is 0 Å². The third kappa shape index (κ3) is 4.12. The van der Waals surface area contributed by atoms with E-state index in [0.717, 1.165) is 35.7 Å². The zero-order valence-corrected chi connectivity index (χ0v) is 17.0. The highest BCUT2D eigenvalue weighted by molar-refractivity contribution is 6.13. The molecule has 4 rings (SSSR count). The smallest absolute Gasteiger partial charge is 0.239 e. The van der Waals surface area contributed by atoms with Crippen molar-refractivity contribution in [2.45, 2.75) is 20.3 Å². The Hall–Kier alpha value is -2.86. The molecule has 1 atom stereocenters. The summed E-state index contributed by atoms with van der Waals surface area (Å²) in [6, 6.07) is 13.8. The first-order valence-electron chi connectivity index (χ1n) is 10.2. The maximum Gasteiger partial charge on any atom is 0.239 e. The Kier molecular flexibility index (Phi) is 5.53. The second-order valence-electron chi connectivity index (χ2n) is 7.74. The predicted octanol–water partition coefficient (Wildman–Crippen LogP) is 3.13. The van der Waals surface area contributed by atoms with Crippen molar-refractivity contribution in [1.82, 2.24) is 0 Å². The van der Waals surface area contributed by atoms with E-state index in [1.54, 1.807) is 4.90 Å². The molecule has 0 bridgehead atoms. The molecule has 0 radical (unpaired) electrons. The molecule has 0 aliphatic carbocycles. The number of hydrogen-bond acceptors (Lipinski definition) is 4. The molecule has 0 spiro atoms. The highest BCUT2D eigenvalue weighted by atomic mass is 16.5. The van der Waals surface area contributed by atoms with Gasteiger partial charge in [-0.3, -0.25) is 9.59 Å². The van der Waals surface area contributed by atoms with Crippen LogP contribution in [0, 0.1) is 19.8 Å². The van der Waals surface area contributed by atoms with E-state index < -0.39 is 5.92 Å². The van der Waals surface area contributed by atoms with Crippen molar-refractivity contribution in [3.8, 4) is 0 Å². The van der Waals surface area contributed by atoms with Gasteiger partial charge in [-0.25, -0.2) is 0 Å². The first-order valence-corrected chi connectivity index (χ1v) is 10.2. The third-order valence-electron chi connectivity index (χ3n) is 5.81. The third-order valence-corrected chi connectivity index (χ3v) is 5.81. The summed E-state index contributed by atoms with van der Waals surface area (Å²) in [7, 11) is 0. The number of aryl methyl sites for hydroxylation is 2. The second kappa shape index (κ2) is 8.25. The molecule has 2 heterocycles. The molecule has 152 valence electrons. The van der Waals surface area contributed by atoms with Crippen LogP contribution in [0.4, 0.5) is 17.1 Å². The van der Waals surface area contributed by atoms with Crippen molar-refractivity contribution in [1.29, 1.82) is 0 Å². The van der Waals surface area contributed by atoms with Crippen LogP contribution < -0.4 is 15.1 Å². The lowest BCUT2D eigenvalue weighted by Crippen LogP contribution is -2.36. The van der Waals surface area contributed by atoms with Gasteiger partial charge in [0.15, 0.2) is 0 Å². The maximum atomic E-state index is 12.9. The molecule has 0 aromatic heterocycles. The molecular formula is C23H27N3O3. The molecule has 2 saturated heterocycles. The van der Waals surface area contributed by atoms with Crippen LogP contribution in [-0.2, 0) is 14.3 Å². The van der Waals surface area contributed by atoms with Gasteiger partial charge in [-0.05, 0) is 61.7 Å². The van der Waals surface area contributed by atoms with Gasteiger partial charge < -0.3 is 19.9 Å². The van der Waals surface area contributed by atoms with Crippen LogP contribution in [0.3, 0.4) is 0 Å². The SMILES string of the molecule is Cc1ccc(N2CCC(C(=O)Nc3cccc(N4CCOCC4)c3)C2=O)cc1C. The molecule has 6 heteroatoms. The van der Waals surface area contributed by atoms with Crippen LogP contribution in [0.25, 0.3) is 0 Å². The summed E-state index contributed by atoms with van der Waals surface area (Å²) in [6.45, 7) is 7.74. The number of anilines is 3. The van der Waals surface area contributed by atoms with E-state index in [1.807, 2.05) is 56.3 Å². The Morgan fingerprint density at radius 3 is 2.55 bits per heavy atom. The Balaban J connectivity index is 1.44. The largest absolute Gasteiger partial charge is 0.378 e. The fraction of sp³-hybridized carbons (Fsp3) is 0.391. The molecule has 2 fully saturated rings. The Bertz CT molecular complexity index is 921. The van der Waals surface area contributed by atoms with Gasteiger partial charge in [0.25, 0.3) is 0 Å². The van der Waals surface area contributed by atoms with Crippen molar-refractivity contribution in [3.05, 3.63) is 53.6 Å². The summed E-state index contributed by atoms with van der Waals surface area (Å²) in [4.78, 5) is 29.7. The number of amides is 2. The molecule has 2 aliphatic rings. The van der Waals surface area contributed by atoms with E-state index in [-0.39, 0.29) is 11.8 Å². The van der Waals surface area contributed by atoms with Crippen molar-refractivity contribution in [2.24, 2.45) is 5.92 Å². The van der Waals surface area contributed by atoms with E-state index in [0.29, 0.717) is 26.2 Å². The maximum absolute atomic E-state index is 12.9. The number of ether oxygens (including phenoxy) is 1. The zero-order chi connectivity index (χ0) is 20.4. The minimum Gasteiger partial charge on any atom is -0.378 e. The van der Waals surface area contributed by atoms with E-state index in [2.05, 4.69) is 10.2 Å². The lowest BCUT2D eigenvalue weighted by Gasteiger charge is -2.29. The number of carbonyl (C=O) groups excluding carboxylic acids is 2. The summed E-state index contributed by atoms with van der Waals surface area (Å²) in [5.74, 6) is -1.01. The fourth-order valence-electron chi connectivity index (χ4n) is 3.90. The normalized spacial score (nSPS) is 19.5. The number of benzene rings is 2. The van der Waals surface area contributed by atoms with Crippen LogP contribution in [-0.4, -0.2) is 44.7 Å².